The van der Waals surface area contributed by atoms with E-state index in [9.17, 15) is 9.90 Å². The van der Waals surface area contributed by atoms with Crippen LogP contribution in [0.4, 0.5) is 0 Å². The van der Waals surface area contributed by atoms with E-state index in [1.807, 2.05) is 6.92 Å². The number of ether oxygens (including phenoxy) is 1. The first kappa shape index (κ1) is 9.26. The molecule has 0 radical (unpaired) electrons. The number of esters is 1. The fourth-order valence-corrected chi connectivity index (χ4v) is 1.33. The molecule has 0 saturated carbocycles. The molecule has 0 spiro atoms. The topological polar surface area (TPSA) is 46.5 Å². The predicted molar refractivity (Wildman–Crippen MR) is 44.6 cm³/mol. The summed E-state index contributed by atoms with van der Waals surface area (Å²) < 4.78 is 4.92. The zero-order valence-electron chi connectivity index (χ0n) is 7.41. The number of aliphatic hydroxyl groups is 1. The Labute approximate surface area is 72.0 Å². The van der Waals surface area contributed by atoms with E-state index in [4.69, 9.17) is 4.74 Å². The number of hydrogen-bond donors (Lipinski definition) is 1. The Morgan fingerprint density at radius 2 is 2.50 bits per heavy atom. The molecule has 3 heteroatoms. The summed E-state index contributed by atoms with van der Waals surface area (Å²) in [6.07, 6.45) is 4.35. The van der Waals surface area contributed by atoms with Crippen molar-refractivity contribution in [3.05, 3.63) is 12.2 Å². The van der Waals surface area contributed by atoms with Gasteiger partial charge in [-0.2, -0.15) is 0 Å². The Bertz CT molecular complexity index is 210. The van der Waals surface area contributed by atoms with E-state index in [1.54, 1.807) is 12.2 Å². The third-order valence-electron chi connectivity index (χ3n) is 2.11. The summed E-state index contributed by atoms with van der Waals surface area (Å²) in [6.45, 7) is 3.28. The average Bonchev–Trinajstić information content (AvgIpc) is 2.32. The summed E-state index contributed by atoms with van der Waals surface area (Å²) in [5, 5.41) is 9.71. The van der Waals surface area contributed by atoms with Crippen molar-refractivity contribution in [1.29, 1.82) is 0 Å². The zero-order valence-corrected chi connectivity index (χ0v) is 7.41. The van der Waals surface area contributed by atoms with Crippen LogP contribution in [0.2, 0.25) is 0 Å². The van der Waals surface area contributed by atoms with Crippen LogP contribution in [0.5, 0.6) is 0 Å². The molecule has 0 fully saturated rings. The lowest BCUT2D eigenvalue weighted by atomic mass is 10.0. The summed E-state index contributed by atoms with van der Waals surface area (Å²) in [7, 11) is 0. The van der Waals surface area contributed by atoms with Crippen LogP contribution in [0, 0.1) is 0 Å². The Kier molecular flexibility index (Phi) is 2.52. The molecule has 0 unspecified atom stereocenters. The first-order valence-electron chi connectivity index (χ1n) is 4.15. The molecular weight excluding hydrogens is 156 g/mol. The fourth-order valence-electron chi connectivity index (χ4n) is 1.33. The Morgan fingerprint density at radius 3 is 2.92 bits per heavy atom. The van der Waals surface area contributed by atoms with Crippen molar-refractivity contribution in [3.63, 3.8) is 0 Å². The second-order valence-electron chi connectivity index (χ2n) is 3.17. The molecule has 12 heavy (non-hydrogen) atoms. The third kappa shape index (κ3) is 2.08. The smallest absolute Gasteiger partial charge is 0.303 e. The molecule has 1 N–H and O–H groups in total. The number of rotatable bonds is 2. The molecule has 68 valence electrons. The summed E-state index contributed by atoms with van der Waals surface area (Å²) in [5.74, 6) is -0.301. The van der Waals surface area contributed by atoms with E-state index >= 15 is 0 Å². The Balaban J connectivity index is 2.47. The second kappa shape index (κ2) is 3.27. The number of carbonyl (C=O) groups excluding carboxylic acids is 1. The highest BCUT2D eigenvalue weighted by molar-refractivity contribution is 5.66. The van der Waals surface area contributed by atoms with Crippen LogP contribution in [0.1, 0.15) is 26.7 Å². The van der Waals surface area contributed by atoms with E-state index < -0.39 is 5.60 Å². The number of carbonyl (C=O) groups is 1. The van der Waals surface area contributed by atoms with Crippen molar-refractivity contribution in [2.75, 3.05) is 0 Å². The van der Waals surface area contributed by atoms with Crippen LogP contribution in [0.25, 0.3) is 0 Å². The quantitative estimate of drug-likeness (QED) is 0.497. The first-order valence-corrected chi connectivity index (χ1v) is 4.15. The fraction of sp³-hybridized carbons (Fsp3) is 0.667. The zero-order chi connectivity index (χ0) is 9.19. The van der Waals surface area contributed by atoms with Crippen LogP contribution in [-0.4, -0.2) is 22.8 Å². The molecule has 0 aromatic rings. The van der Waals surface area contributed by atoms with Gasteiger partial charge in [0.25, 0.3) is 0 Å². The summed E-state index contributed by atoms with van der Waals surface area (Å²) in [5.41, 5.74) is -0.764. The molecule has 2 atom stereocenters. The molecule has 0 aromatic carbocycles. The summed E-state index contributed by atoms with van der Waals surface area (Å²) in [6, 6.07) is 0. The maximum absolute atomic E-state index is 10.6. The van der Waals surface area contributed by atoms with E-state index in [0.29, 0.717) is 12.8 Å². The van der Waals surface area contributed by atoms with Gasteiger partial charge in [-0.3, -0.25) is 4.79 Å². The van der Waals surface area contributed by atoms with Crippen molar-refractivity contribution < 1.29 is 14.6 Å². The van der Waals surface area contributed by atoms with Gasteiger partial charge in [-0.1, -0.05) is 13.0 Å². The standard InChI is InChI=1S/C9H14O3/c1-3-9(11)5-4-8(6-9)12-7(2)10/h4-5,8,11H,3,6H2,1-2H3/t8-,9+/m0/s1. The first-order chi connectivity index (χ1) is 5.56. The van der Waals surface area contributed by atoms with E-state index in [1.165, 1.54) is 6.92 Å². The normalized spacial score (nSPS) is 33.8. The van der Waals surface area contributed by atoms with Crippen molar-refractivity contribution in [2.24, 2.45) is 0 Å². The van der Waals surface area contributed by atoms with Gasteiger partial charge in [0.15, 0.2) is 0 Å². The van der Waals surface area contributed by atoms with Gasteiger partial charge < -0.3 is 9.84 Å². The minimum atomic E-state index is -0.764. The van der Waals surface area contributed by atoms with Crippen LogP contribution < -0.4 is 0 Å². The minimum Gasteiger partial charge on any atom is -0.458 e. The second-order valence-corrected chi connectivity index (χ2v) is 3.17. The molecule has 0 amide bonds. The Hall–Kier alpha value is -0.830. The molecule has 0 saturated heterocycles. The molecule has 0 aromatic heterocycles. The summed E-state index contributed by atoms with van der Waals surface area (Å²) in [4.78, 5) is 10.6. The van der Waals surface area contributed by atoms with Crippen molar-refractivity contribution >= 4 is 5.97 Å². The van der Waals surface area contributed by atoms with E-state index in [0.717, 1.165) is 0 Å². The van der Waals surface area contributed by atoms with Gasteiger partial charge in [-0.15, -0.1) is 0 Å². The SMILES string of the molecule is CC[C@@]1(O)C=C[C@H](OC(C)=O)C1. The van der Waals surface area contributed by atoms with Gasteiger partial charge in [0.1, 0.15) is 6.10 Å². The van der Waals surface area contributed by atoms with Gasteiger partial charge in [0, 0.05) is 13.3 Å². The van der Waals surface area contributed by atoms with Crippen LogP contribution in [0.3, 0.4) is 0 Å². The average molecular weight is 170 g/mol. The highest BCUT2D eigenvalue weighted by Crippen LogP contribution is 2.27. The van der Waals surface area contributed by atoms with Gasteiger partial charge in [0.2, 0.25) is 0 Å². The molecular formula is C9H14O3. The van der Waals surface area contributed by atoms with Crippen molar-refractivity contribution in [3.8, 4) is 0 Å². The maximum atomic E-state index is 10.6. The van der Waals surface area contributed by atoms with Crippen molar-refractivity contribution in [1.82, 2.24) is 0 Å². The largest absolute Gasteiger partial charge is 0.458 e. The van der Waals surface area contributed by atoms with Gasteiger partial charge in [-0.05, 0) is 12.5 Å². The molecule has 1 aliphatic rings. The van der Waals surface area contributed by atoms with Crippen molar-refractivity contribution in [2.45, 2.75) is 38.4 Å². The molecule has 0 heterocycles. The third-order valence-corrected chi connectivity index (χ3v) is 2.11. The number of hydrogen-bond acceptors (Lipinski definition) is 3. The molecule has 0 aliphatic heterocycles. The van der Waals surface area contributed by atoms with Gasteiger partial charge >= 0.3 is 5.97 Å². The van der Waals surface area contributed by atoms with E-state index in [-0.39, 0.29) is 12.1 Å². The Morgan fingerprint density at radius 1 is 1.83 bits per heavy atom. The highest BCUT2D eigenvalue weighted by atomic mass is 16.5. The molecule has 0 bridgehead atoms. The van der Waals surface area contributed by atoms with Crippen LogP contribution in [-0.2, 0) is 9.53 Å². The van der Waals surface area contributed by atoms with Gasteiger partial charge in [-0.25, -0.2) is 0 Å². The monoisotopic (exact) mass is 170 g/mol. The lowest BCUT2D eigenvalue weighted by Crippen LogP contribution is -2.25. The maximum Gasteiger partial charge on any atom is 0.303 e. The molecule has 3 nitrogen and oxygen atoms in total. The molecule has 1 aliphatic carbocycles. The van der Waals surface area contributed by atoms with Gasteiger partial charge in [0.05, 0.1) is 5.60 Å². The lowest BCUT2D eigenvalue weighted by Gasteiger charge is -2.19. The van der Waals surface area contributed by atoms with E-state index in [2.05, 4.69) is 0 Å². The van der Waals surface area contributed by atoms with Crippen LogP contribution in [0.15, 0.2) is 12.2 Å². The molecule has 1 rings (SSSR count). The lowest BCUT2D eigenvalue weighted by molar-refractivity contribution is -0.145. The highest BCUT2D eigenvalue weighted by Gasteiger charge is 2.31. The van der Waals surface area contributed by atoms with Crippen LogP contribution >= 0.6 is 0 Å². The minimum absolute atomic E-state index is 0.243. The summed E-state index contributed by atoms with van der Waals surface area (Å²) >= 11 is 0. The predicted octanol–water partition coefficient (Wildman–Crippen LogP) is 1.02.